The van der Waals surface area contributed by atoms with Gasteiger partial charge in [0, 0.05) is 47.4 Å². The van der Waals surface area contributed by atoms with Crippen molar-refractivity contribution in [1.82, 2.24) is 19.9 Å². The minimum absolute atomic E-state index is 0.217. The summed E-state index contributed by atoms with van der Waals surface area (Å²) in [7, 11) is 3.15. The summed E-state index contributed by atoms with van der Waals surface area (Å²) in [6, 6.07) is 14.7. The zero-order valence-corrected chi connectivity index (χ0v) is 18.3. The van der Waals surface area contributed by atoms with Crippen LogP contribution < -0.4 is 26.0 Å². The number of nitrogens with one attached hydrogen (secondary N) is 3. The van der Waals surface area contributed by atoms with E-state index in [1.807, 2.05) is 48.7 Å². The van der Waals surface area contributed by atoms with Gasteiger partial charge < -0.3 is 19.8 Å². The molecule has 0 bridgehead atoms. The lowest BCUT2D eigenvalue weighted by Crippen LogP contribution is -2.37. The second-order valence-corrected chi connectivity index (χ2v) is 7.47. The Bertz CT molecular complexity index is 1400. The van der Waals surface area contributed by atoms with E-state index in [0.717, 1.165) is 26.6 Å². The number of carbonyl (C=O) groups excluding carboxylic acids is 1. The van der Waals surface area contributed by atoms with Gasteiger partial charge in [0.1, 0.15) is 6.54 Å². The first-order chi connectivity index (χ1) is 16.0. The summed E-state index contributed by atoms with van der Waals surface area (Å²) in [5.74, 6) is 0.547. The maximum absolute atomic E-state index is 12.7. The number of amides is 1. The van der Waals surface area contributed by atoms with Crippen LogP contribution in [0, 0.1) is 0 Å². The Morgan fingerprint density at radius 3 is 2.61 bits per heavy atom. The van der Waals surface area contributed by atoms with Crippen LogP contribution in [-0.2, 0) is 11.3 Å². The van der Waals surface area contributed by atoms with Gasteiger partial charge in [0.15, 0.2) is 11.5 Å². The first-order valence-electron chi connectivity index (χ1n) is 10.3. The first kappa shape index (κ1) is 21.9. The van der Waals surface area contributed by atoms with Crippen molar-refractivity contribution < 1.29 is 14.3 Å². The molecule has 4 aromatic rings. The van der Waals surface area contributed by atoms with Crippen molar-refractivity contribution in [2.75, 3.05) is 20.8 Å². The smallest absolute Gasteiger partial charge is 0.328 e. The highest BCUT2D eigenvalue weighted by Crippen LogP contribution is 2.40. The zero-order valence-electron chi connectivity index (χ0n) is 18.3. The number of H-pyrrole nitrogens is 2. The Hall–Kier alpha value is -4.27. The number of aromatic amines is 2. The standard InChI is InChI=1S/C24H24N4O5/c1-32-20-9-5-7-16(23(20)33-2)18(17-12-25-19-8-4-3-6-15(17)19)13-26-22(30)14-28-11-10-21(29)27-24(28)31/h3-12,18,25H,13-14H2,1-2H3,(H,26,30)(H,27,29,31)/t18-/m1/s1. The van der Waals surface area contributed by atoms with Crippen LogP contribution in [0.3, 0.4) is 0 Å². The number of aromatic nitrogens is 3. The van der Waals surface area contributed by atoms with Gasteiger partial charge in [0.25, 0.3) is 5.56 Å². The summed E-state index contributed by atoms with van der Waals surface area (Å²) in [4.78, 5) is 41.3. The molecule has 0 radical (unpaired) electrons. The van der Waals surface area contributed by atoms with E-state index in [2.05, 4.69) is 15.3 Å². The molecule has 1 atom stereocenters. The molecule has 2 aromatic heterocycles. The molecule has 0 aliphatic heterocycles. The summed E-state index contributed by atoms with van der Waals surface area (Å²) < 4.78 is 12.3. The van der Waals surface area contributed by atoms with E-state index in [9.17, 15) is 14.4 Å². The lowest BCUT2D eigenvalue weighted by Gasteiger charge is -2.22. The minimum Gasteiger partial charge on any atom is -0.493 e. The molecule has 0 aliphatic carbocycles. The zero-order chi connectivity index (χ0) is 23.4. The molecule has 4 rings (SSSR count). The number of hydrogen-bond acceptors (Lipinski definition) is 5. The SMILES string of the molecule is COc1cccc([C@@H](CNC(=O)Cn2ccc(=O)[nH]c2=O)c2c[nH]c3ccccc23)c1OC. The molecule has 1 amide bonds. The van der Waals surface area contributed by atoms with Crippen LogP contribution in [0.25, 0.3) is 10.9 Å². The van der Waals surface area contributed by atoms with E-state index in [0.29, 0.717) is 11.5 Å². The van der Waals surface area contributed by atoms with Gasteiger partial charge in [-0.1, -0.05) is 30.3 Å². The van der Waals surface area contributed by atoms with Crippen LogP contribution in [0.15, 0.2) is 70.5 Å². The van der Waals surface area contributed by atoms with Crippen molar-refractivity contribution in [3.63, 3.8) is 0 Å². The van der Waals surface area contributed by atoms with Gasteiger partial charge in [-0.25, -0.2) is 4.79 Å². The number of carbonyl (C=O) groups is 1. The second kappa shape index (κ2) is 9.47. The molecule has 0 saturated heterocycles. The van der Waals surface area contributed by atoms with Crippen molar-refractivity contribution in [2.24, 2.45) is 0 Å². The van der Waals surface area contributed by atoms with Crippen molar-refractivity contribution in [3.8, 4) is 11.5 Å². The minimum atomic E-state index is -0.639. The highest BCUT2D eigenvalue weighted by Gasteiger charge is 2.24. The molecular weight excluding hydrogens is 424 g/mol. The third kappa shape index (κ3) is 4.52. The van der Waals surface area contributed by atoms with Gasteiger partial charge in [-0.2, -0.15) is 0 Å². The number of ether oxygens (including phenoxy) is 2. The number of benzene rings is 2. The highest BCUT2D eigenvalue weighted by atomic mass is 16.5. The van der Waals surface area contributed by atoms with Crippen LogP contribution in [0.2, 0.25) is 0 Å². The number of hydrogen-bond donors (Lipinski definition) is 3. The van der Waals surface area contributed by atoms with Gasteiger partial charge in [-0.3, -0.25) is 19.1 Å². The molecule has 170 valence electrons. The molecule has 0 fully saturated rings. The maximum Gasteiger partial charge on any atom is 0.328 e. The molecule has 0 aliphatic rings. The molecule has 0 saturated carbocycles. The summed E-state index contributed by atoms with van der Waals surface area (Å²) in [6.45, 7) is 0.0355. The molecule has 33 heavy (non-hydrogen) atoms. The largest absolute Gasteiger partial charge is 0.493 e. The monoisotopic (exact) mass is 448 g/mol. The third-order valence-corrected chi connectivity index (χ3v) is 5.52. The average molecular weight is 448 g/mol. The second-order valence-electron chi connectivity index (χ2n) is 7.47. The van der Waals surface area contributed by atoms with Crippen LogP contribution in [0.5, 0.6) is 11.5 Å². The number of para-hydroxylation sites is 2. The Morgan fingerprint density at radius 1 is 1.03 bits per heavy atom. The molecular formula is C24H24N4O5. The number of nitrogens with zero attached hydrogens (tertiary/aromatic N) is 1. The predicted octanol–water partition coefficient (Wildman–Crippen LogP) is 1.98. The lowest BCUT2D eigenvalue weighted by molar-refractivity contribution is -0.121. The van der Waals surface area contributed by atoms with Crippen LogP contribution >= 0.6 is 0 Å². The predicted molar refractivity (Wildman–Crippen MR) is 124 cm³/mol. The van der Waals surface area contributed by atoms with Crippen LogP contribution in [0.1, 0.15) is 17.0 Å². The van der Waals surface area contributed by atoms with Crippen molar-refractivity contribution >= 4 is 16.8 Å². The van der Waals surface area contributed by atoms with E-state index in [1.54, 1.807) is 14.2 Å². The van der Waals surface area contributed by atoms with Crippen molar-refractivity contribution in [1.29, 1.82) is 0 Å². The molecule has 2 aromatic carbocycles. The van der Waals surface area contributed by atoms with Gasteiger partial charge in [-0.15, -0.1) is 0 Å². The first-order valence-corrected chi connectivity index (χ1v) is 10.3. The fourth-order valence-corrected chi connectivity index (χ4v) is 3.95. The van der Waals surface area contributed by atoms with Crippen LogP contribution in [-0.4, -0.2) is 41.2 Å². The van der Waals surface area contributed by atoms with E-state index < -0.39 is 11.2 Å². The molecule has 3 N–H and O–H groups in total. The summed E-state index contributed by atoms with van der Waals surface area (Å²) in [5, 5.41) is 3.94. The Morgan fingerprint density at radius 2 is 1.85 bits per heavy atom. The fraction of sp³-hybridized carbons (Fsp3) is 0.208. The molecule has 2 heterocycles. The lowest BCUT2D eigenvalue weighted by atomic mass is 9.90. The normalized spacial score (nSPS) is 11.8. The van der Waals surface area contributed by atoms with E-state index in [4.69, 9.17) is 9.47 Å². The van der Waals surface area contributed by atoms with Crippen molar-refractivity contribution in [3.05, 3.63) is 92.9 Å². The molecule has 9 heteroatoms. The van der Waals surface area contributed by atoms with Gasteiger partial charge in [0.2, 0.25) is 5.91 Å². The van der Waals surface area contributed by atoms with E-state index >= 15 is 0 Å². The summed E-state index contributed by atoms with van der Waals surface area (Å²) >= 11 is 0. The number of rotatable bonds is 8. The topological polar surface area (TPSA) is 118 Å². The van der Waals surface area contributed by atoms with E-state index in [1.165, 1.54) is 12.3 Å². The van der Waals surface area contributed by atoms with Crippen LogP contribution in [0.4, 0.5) is 0 Å². The van der Waals surface area contributed by atoms with Gasteiger partial charge in [-0.05, 0) is 17.7 Å². The Kier molecular flexibility index (Phi) is 6.30. The maximum atomic E-state index is 12.7. The Labute approximate surface area is 189 Å². The fourth-order valence-electron chi connectivity index (χ4n) is 3.95. The van der Waals surface area contributed by atoms with Crippen molar-refractivity contribution in [2.45, 2.75) is 12.5 Å². The van der Waals surface area contributed by atoms with Gasteiger partial charge >= 0.3 is 5.69 Å². The number of fused-ring (bicyclic) bond motifs is 1. The third-order valence-electron chi connectivity index (χ3n) is 5.52. The summed E-state index contributed by atoms with van der Waals surface area (Å²) in [6.07, 6.45) is 3.22. The quantitative estimate of drug-likeness (QED) is 0.381. The average Bonchev–Trinajstić information content (AvgIpc) is 3.25. The summed E-state index contributed by atoms with van der Waals surface area (Å²) in [5.41, 5.74) is 1.66. The molecule has 0 spiro atoms. The highest BCUT2D eigenvalue weighted by molar-refractivity contribution is 5.84. The molecule has 0 unspecified atom stereocenters. The number of methoxy groups -OCH3 is 2. The van der Waals surface area contributed by atoms with Gasteiger partial charge in [0.05, 0.1) is 14.2 Å². The Balaban J connectivity index is 1.67. The van der Waals surface area contributed by atoms with E-state index in [-0.39, 0.29) is 24.9 Å². The molecule has 9 nitrogen and oxygen atoms in total.